The molecule has 1 N–H and O–H groups in total. The van der Waals surface area contributed by atoms with Crippen LogP contribution in [0.5, 0.6) is 5.75 Å². The van der Waals surface area contributed by atoms with Gasteiger partial charge in [0.1, 0.15) is 11.6 Å². The molecule has 0 aromatic heterocycles. The Morgan fingerprint density at radius 3 is 2.52 bits per heavy atom. The Hall–Kier alpha value is -2.07. The molecule has 0 spiro atoms. The molecule has 110 valence electrons. The molecular weight excluding hydrogens is 293 g/mol. The molecule has 1 amide bonds. The van der Waals surface area contributed by atoms with E-state index in [1.54, 1.807) is 36.4 Å². The van der Waals surface area contributed by atoms with Crippen molar-refractivity contribution in [2.75, 3.05) is 5.32 Å². The first-order chi connectivity index (χ1) is 10.1. The molecule has 0 unspecified atom stereocenters. The van der Waals surface area contributed by atoms with Crippen LogP contribution in [0.1, 0.15) is 13.3 Å². The normalized spacial score (nSPS) is 11.8. The fourth-order valence-electron chi connectivity index (χ4n) is 1.78. The minimum absolute atomic E-state index is 0.139. The van der Waals surface area contributed by atoms with Gasteiger partial charge in [0.05, 0.1) is 5.69 Å². The van der Waals surface area contributed by atoms with E-state index in [9.17, 15) is 9.18 Å². The van der Waals surface area contributed by atoms with Gasteiger partial charge in [0.25, 0.3) is 5.91 Å². The van der Waals surface area contributed by atoms with Gasteiger partial charge in [-0.3, -0.25) is 4.79 Å². The number of hydrogen-bond donors (Lipinski definition) is 1. The molecule has 0 aliphatic carbocycles. The minimum atomic E-state index is -0.703. The van der Waals surface area contributed by atoms with E-state index in [0.717, 1.165) is 0 Å². The summed E-state index contributed by atoms with van der Waals surface area (Å²) in [5.41, 5.74) is 0.139. The van der Waals surface area contributed by atoms with Gasteiger partial charge in [0.15, 0.2) is 6.10 Å². The standard InChI is InChI=1S/C16H15ClFNO2/c1-2-15(21-12-9-7-11(17)8-10-12)16(20)19-14-6-4-3-5-13(14)18/h3-10,15H,2H2,1H3,(H,19,20)/t15-/m0/s1. The first-order valence-corrected chi connectivity index (χ1v) is 6.95. The predicted octanol–water partition coefficient (Wildman–Crippen LogP) is 4.28. The van der Waals surface area contributed by atoms with Crippen LogP contribution in [0.25, 0.3) is 0 Å². The lowest BCUT2D eigenvalue weighted by Gasteiger charge is -2.17. The number of hydrogen-bond acceptors (Lipinski definition) is 2. The second-order valence-corrected chi connectivity index (χ2v) is 4.87. The summed E-state index contributed by atoms with van der Waals surface area (Å²) >= 11 is 5.79. The van der Waals surface area contributed by atoms with Crippen LogP contribution in [0.3, 0.4) is 0 Å². The van der Waals surface area contributed by atoms with E-state index in [1.165, 1.54) is 12.1 Å². The third-order valence-electron chi connectivity index (χ3n) is 2.89. The van der Waals surface area contributed by atoms with Crippen molar-refractivity contribution in [3.8, 4) is 5.75 Å². The fourth-order valence-corrected chi connectivity index (χ4v) is 1.90. The largest absolute Gasteiger partial charge is 0.481 e. The van der Waals surface area contributed by atoms with Crippen LogP contribution in [0.2, 0.25) is 5.02 Å². The van der Waals surface area contributed by atoms with E-state index in [4.69, 9.17) is 16.3 Å². The van der Waals surface area contributed by atoms with Crippen molar-refractivity contribution in [3.05, 3.63) is 59.4 Å². The highest BCUT2D eigenvalue weighted by Gasteiger charge is 2.19. The van der Waals surface area contributed by atoms with Crippen molar-refractivity contribution in [1.82, 2.24) is 0 Å². The summed E-state index contributed by atoms with van der Waals surface area (Å²) in [6.07, 6.45) is -0.242. The zero-order valence-corrected chi connectivity index (χ0v) is 12.2. The summed E-state index contributed by atoms with van der Waals surface area (Å²) in [6, 6.07) is 12.7. The van der Waals surface area contributed by atoms with Crippen LogP contribution in [-0.4, -0.2) is 12.0 Å². The van der Waals surface area contributed by atoms with E-state index >= 15 is 0 Å². The summed E-state index contributed by atoms with van der Waals surface area (Å²) in [7, 11) is 0. The maximum absolute atomic E-state index is 13.5. The predicted molar refractivity (Wildman–Crippen MR) is 81.2 cm³/mol. The monoisotopic (exact) mass is 307 g/mol. The average Bonchev–Trinajstić information content (AvgIpc) is 2.49. The highest BCUT2D eigenvalue weighted by molar-refractivity contribution is 6.30. The molecular formula is C16H15ClFNO2. The maximum Gasteiger partial charge on any atom is 0.265 e. The lowest BCUT2D eigenvalue weighted by molar-refractivity contribution is -0.122. The van der Waals surface area contributed by atoms with Crippen LogP contribution in [-0.2, 0) is 4.79 Å². The molecule has 1 atom stereocenters. The Morgan fingerprint density at radius 1 is 1.24 bits per heavy atom. The number of rotatable bonds is 5. The third kappa shape index (κ3) is 4.20. The molecule has 0 fully saturated rings. The smallest absolute Gasteiger partial charge is 0.265 e. The summed E-state index contributed by atoms with van der Waals surface area (Å²) in [6.45, 7) is 1.82. The number of carbonyl (C=O) groups is 1. The van der Waals surface area contributed by atoms with Crippen molar-refractivity contribution in [3.63, 3.8) is 0 Å². The van der Waals surface area contributed by atoms with Crippen LogP contribution < -0.4 is 10.1 Å². The number of nitrogens with one attached hydrogen (secondary N) is 1. The molecule has 0 bridgehead atoms. The highest BCUT2D eigenvalue weighted by atomic mass is 35.5. The van der Waals surface area contributed by atoms with Gasteiger partial charge in [-0.25, -0.2) is 4.39 Å². The summed E-state index contributed by atoms with van der Waals surface area (Å²) < 4.78 is 19.1. The molecule has 2 aromatic carbocycles. The van der Waals surface area contributed by atoms with Crippen molar-refractivity contribution in [1.29, 1.82) is 0 Å². The van der Waals surface area contributed by atoms with E-state index < -0.39 is 17.8 Å². The van der Waals surface area contributed by atoms with E-state index in [2.05, 4.69) is 5.32 Å². The first kappa shape index (κ1) is 15.3. The number of anilines is 1. The number of ether oxygens (including phenoxy) is 1. The lowest BCUT2D eigenvalue weighted by atomic mass is 10.2. The van der Waals surface area contributed by atoms with Crippen LogP contribution in [0, 0.1) is 5.82 Å². The van der Waals surface area contributed by atoms with E-state index in [0.29, 0.717) is 17.2 Å². The maximum atomic E-state index is 13.5. The first-order valence-electron chi connectivity index (χ1n) is 6.57. The van der Waals surface area contributed by atoms with Gasteiger partial charge < -0.3 is 10.1 Å². The van der Waals surface area contributed by atoms with Crippen LogP contribution in [0.4, 0.5) is 10.1 Å². The number of benzene rings is 2. The quantitative estimate of drug-likeness (QED) is 0.895. The summed E-state index contributed by atoms with van der Waals surface area (Å²) in [5.74, 6) is -0.334. The summed E-state index contributed by atoms with van der Waals surface area (Å²) in [4.78, 5) is 12.1. The van der Waals surface area contributed by atoms with Gasteiger partial charge >= 0.3 is 0 Å². The Kier molecular flexibility index (Phi) is 5.17. The average molecular weight is 308 g/mol. The van der Waals surface area contributed by atoms with Crippen molar-refractivity contribution >= 4 is 23.2 Å². The van der Waals surface area contributed by atoms with Gasteiger partial charge in [-0.15, -0.1) is 0 Å². The van der Waals surface area contributed by atoms with Crippen molar-refractivity contribution in [2.45, 2.75) is 19.4 Å². The Morgan fingerprint density at radius 2 is 1.90 bits per heavy atom. The molecule has 0 saturated heterocycles. The second kappa shape index (κ2) is 7.09. The number of carbonyl (C=O) groups excluding carboxylic acids is 1. The molecule has 0 radical (unpaired) electrons. The number of amides is 1. The zero-order valence-electron chi connectivity index (χ0n) is 11.5. The number of halogens is 2. The zero-order chi connectivity index (χ0) is 15.2. The molecule has 2 rings (SSSR count). The van der Waals surface area contributed by atoms with Crippen molar-refractivity contribution < 1.29 is 13.9 Å². The van der Waals surface area contributed by atoms with Crippen LogP contribution in [0.15, 0.2) is 48.5 Å². The van der Waals surface area contributed by atoms with Gasteiger partial charge in [-0.1, -0.05) is 30.7 Å². The second-order valence-electron chi connectivity index (χ2n) is 4.44. The van der Waals surface area contributed by atoms with Gasteiger partial charge in [-0.05, 0) is 42.8 Å². The molecule has 0 heterocycles. The SMILES string of the molecule is CC[C@H](Oc1ccc(Cl)cc1)C(=O)Nc1ccccc1F. The molecule has 3 nitrogen and oxygen atoms in total. The Bertz CT molecular complexity index is 616. The Balaban J connectivity index is 2.05. The summed E-state index contributed by atoms with van der Waals surface area (Å²) in [5, 5.41) is 3.12. The highest BCUT2D eigenvalue weighted by Crippen LogP contribution is 2.19. The Labute approximate surface area is 127 Å². The van der Waals surface area contributed by atoms with Crippen LogP contribution >= 0.6 is 11.6 Å². The van der Waals surface area contributed by atoms with Crippen molar-refractivity contribution in [2.24, 2.45) is 0 Å². The molecule has 5 heteroatoms. The molecule has 2 aromatic rings. The van der Waals surface area contributed by atoms with E-state index in [1.807, 2.05) is 6.92 Å². The van der Waals surface area contributed by atoms with Gasteiger partial charge in [-0.2, -0.15) is 0 Å². The van der Waals surface area contributed by atoms with Gasteiger partial charge in [0.2, 0.25) is 0 Å². The third-order valence-corrected chi connectivity index (χ3v) is 3.14. The lowest BCUT2D eigenvalue weighted by Crippen LogP contribution is -2.32. The molecule has 0 saturated carbocycles. The van der Waals surface area contributed by atoms with E-state index in [-0.39, 0.29) is 5.69 Å². The molecule has 0 aliphatic rings. The molecule has 0 aliphatic heterocycles. The number of para-hydroxylation sites is 1. The van der Waals surface area contributed by atoms with Gasteiger partial charge in [0, 0.05) is 5.02 Å². The molecule has 21 heavy (non-hydrogen) atoms. The fraction of sp³-hybridized carbons (Fsp3) is 0.188. The topological polar surface area (TPSA) is 38.3 Å². The minimum Gasteiger partial charge on any atom is -0.481 e.